The number of nitrogens with zero attached hydrogens (tertiary/aromatic N) is 15. The summed E-state index contributed by atoms with van der Waals surface area (Å²) < 4.78 is 5.78. The molecule has 0 unspecified atom stereocenters. The van der Waals surface area contributed by atoms with Crippen molar-refractivity contribution in [3.63, 3.8) is 0 Å². The van der Waals surface area contributed by atoms with Crippen molar-refractivity contribution in [3.05, 3.63) is 167 Å². The van der Waals surface area contributed by atoms with E-state index in [1.165, 1.54) is 6.20 Å². The van der Waals surface area contributed by atoms with Crippen molar-refractivity contribution in [3.8, 4) is 17.5 Å². The Morgan fingerprint density at radius 1 is 0.365 bits per heavy atom. The first-order valence-corrected chi connectivity index (χ1v) is 23.8. The summed E-state index contributed by atoms with van der Waals surface area (Å²) in [6, 6.07) is 38.6. The fraction of sp³-hybridized carbons (Fsp3) is 0.102. The average Bonchev–Trinajstić information content (AvgIpc) is 4.23. The Morgan fingerprint density at radius 3 is 1.14 bits per heavy atom. The Balaban J connectivity index is 0.000000127. The Hall–Kier alpha value is -8.76. The van der Waals surface area contributed by atoms with E-state index in [1.54, 1.807) is 43.8 Å². The molecule has 0 aliphatic heterocycles. The molecular formula is C49H45Cl4N21. The van der Waals surface area contributed by atoms with Crippen molar-refractivity contribution < 1.29 is 0 Å². The number of imidazole rings is 4. The van der Waals surface area contributed by atoms with Crippen LogP contribution in [0.1, 0.15) is 0 Å². The van der Waals surface area contributed by atoms with Gasteiger partial charge in [-0.2, -0.15) is 15.0 Å². The molecule has 25 heteroatoms. The van der Waals surface area contributed by atoms with E-state index in [0.29, 0.717) is 34.6 Å². The summed E-state index contributed by atoms with van der Waals surface area (Å²) in [5.74, 6) is 5.72. The highest BCUT2D eigenvalue weighted by atomic mass is 35.5. The number of nitrogens with one attached hydrogen (secondary N) is 6. The molecule has 0 aliphatic rings. The lowest BCUT2D eigenvalue weighted by molar-refractivity contribution is 0.997. The minimum Gasteiger partial charge on any atom is -0.359 e. The molecule has 0 saturated carbocycles. The van der Waals surface area contributed by atoms with Crippen molar-refractivity contribution in [2.24, 2.45) is 0 Å². The highest BCUT2D eigenvalue weighted by molar-refractivity contribution is 6.31. The normalized spacial score (nSPS) is 10.5. The molecule has 0 saturated heterocycles. The number of benzene rings is 4. The zero-order valence-electron chi connectivity index (χ0n) is 40.1. The van der Waals surface area contributed by atoms with E-state index in [4.69, 9.17) is 46.4 Å². The second-order valence-corrected chi connectivity index (χ2v) is 16.3. The van der Waals surface area contributed by atoms with Gasteiger partial charge < -0.3 is 31.6 Å². The Labute approximate surface area is 442 Å². The van der Waals surface area contributed by atoms with Crippen LogP contribution < -0.4 is 26.6 Å². The van der Waals surface area contributed by atoms with Crippen LogP contribution in [0.15, 0.2) is 146 Å². The number of halogens is 4. The van der Waals surface area contributed by atoms with Gasteiger partial charge in [-0.25, -0.2) is 44.9 Å². The van der Waals surface area contributed by atoms with Crippen molar-refractivity contribution in [2.75, 3.05) is 61.8 Å². The smallest absolute Gasteiger partial charge is 0.224 e. The van der Waals surface area contributed by atoms with Gasteiger partial charge in [0, 0.05) is 66.1 Å². The van der Waals surface area contributed by atoms with E-state index >= 15 is 0 Å². The summed E-state index contributed by atoms with van der Waals surface area (Å²) >= 11 is 22.4. The van der Waals surface area contributed by atoms with Crippen LogP contribution in [0.3, 0.4) is 0 Å². The summed E-state index contributed by atoms with van der Waals surface area (Å²) in [5.41, 5.74) is 7.74. The average molecular weight is 1070 g/mol. The second kappa shape index (κ2) is 24.6. The Bertz CT molecular complexity index is 3610. The Kier molecular flexibility index (Phi) is 17.1. The number of fused-ring (bicyclic) bond motifs is 4. The summed E-state index contributed by atoms with van der Waals surface area (Å²) in [7, 11) is 9.13. The summed E-state index contributed by atoms with van der Waals surface area (Å²) in [6.07, 6.45) is 6.47. The molecule has 0 fully saturated rings. The van der Waals surface area contributed by atoms with E-state index in [9.17, 15) is 0 Å². The highest BCUT2D eigenvalue weighted by Crippen LogP contribution is 2.26. The molecule has 21 nitrogen and oxygen atoms in total. The van der Waals surface area contributed by atoms with Gasteiger partial charge in [-0.3, -0.25) is 13.7 Å². The molecule has 0 atom stereocenters. The topological polar surface area (TPSA) is 245 Å². The summed E-state index contributed by atoms with van der Waals surface area (Å²) in [4.78, 5) is 52.9. The third kappa shape index (κ3) is 12.3. The van der Waals surface area contributed by atoms with Gasteiger partial charge in [-0.1, -0.05) is 60.1 Å². The van der Waals surface area contributed by atoms with Gasteiger partial charge in [-0.05, 0) is 102 Å². The predicted molar refractivity (Wildman–Crippen MR) is 296 cm³/mol. The monoisotopic (exact) mass is 1070 g/mol. The van der Waals surface area contributed by atoms with Crippen LogP contribution in [0.4, 0.5) is 29.7 Å². The van der Waals surface area contributed by atoms with E-state index in [0.717, 1.165) is 61.8 Å². The van der Waals surface area contributed by atoms with Gasteiger partial charge in [0.05, 0.1) is 44.1 Å². The van der Waals surface area contributed by atoms with E-state index in [2.05, 4.69) is 91.4 Å². The van der Waals surface area contributed by atoms with Gasteiger partial charge >= 0.3 is 0 Å². The number of H-pyrrole nitrogens is 1. The van der Waals surface area contributed by atoms with Gasteiger partial charge in [0.15, 0.2) is 0 Å². The number of para-hydroxylation sites is 8. The number of rotatable bonds is 8. The van der Waals surface area contributed by atoms with E-state index in [-0.39, 0.29) is 15.9 Å². The first-order chi connectivity index (χ1) is 36.1. The van der Waals surface area contributed by atoms with E-state index in [1.807, 2.05) is 145 Å². The van der Waals surface area contributed by atoms with Gasteiger partial charge in [0.1, 0.15) is 22.6 Å². The fourth-order valence-electron chi connectivity index (χ4n) is 7.16. The maximum Gasteiger partial charge on any atom is 0.224 e. The number of aromatic nitrogens is 16. The van der Waals surface area contributed by atoms with Crippen LogP contribution in [0.5, 0.6) is 0 Å². The predicted octanol–water partition coefficient (Wildman–Crippen LogP) is 10.3. The lowest BCUT2D eigenvalue weighted by Gasteiger charge is -2.08. The van der Waals surface area contributed by atoms with Gasteiger partial charge in [-0.15, -0.1) is 0 Å². The van der Waals surface area contributed by atoms with Crippen LogP contribution in [0.25, 0.3) is 61.6 Å². The molecule has 374 valence electrons. The summed E-state index contributed by atoms with van der Waals surface area (Å²) in [6.45, 7) is 0. The summed E-state index contributed by atoms with van der Waals surface area (Å²) in [5, 5.41) is 16.1. The SMILES string of the molecule is CNc1nc2ccccc2[nH]1.CNc1nc2ccccc2n1-c1ccnc(Cl)n1.CNc1nc2ccccc2n1-c1ccnc(Cl)n1.CNc1nccc(-n2c(NC)nc3ccccc32)n1.Clc1ccnc(Cl)n1. The first-order valence-electron chi connectivity index (χ1n) is 22.3. The molecule has 6 N–H and O–H groups in total. The molecule has 4 aromatic carbocycles. The maximum atomic E-state index is 5.83. The molecule has 8 heterocycles. The third-order valence-corrected chi connectivity index (χ3v) is 11.1. The zero-order valence-corrected chi connectivity index (χ0v) is 43.1. The van der Waals surface area contributed by atoms with Crippen molar-refractivity contribution in [1.82, 2.24) is 78.5 Å². The van der Waals surface area contributed by atoms with Crippen LogP contribution in [0, 0.1) is 0 Å². The van der Waals surface area contributed by atoms with Crippen molar-refractivity contribution in [2.45, 2.75) is 0 Å². The van der Waals surface area contributed by atoms with Crippen molar-refractivity contribution >= 4 is 120 Å². The van der Waals surface area contributed by atoms with Gasteiger partial charge in [0.25, 0.3) is 0 Å². The van der Waals surface area contributed by atoms with Crippen LogP contribution >= 0.6 is 46.4 Å². The molecular weight excluding hydrogens is 1020 g/mol. The lowest BCUT2D eigenvalue weighted by Crippen LogP contribution is -2.05. The maximum absolute atomic E-state index is 5.83. The highest BCUT2D eigenvalue weighted by Gasteiger charge is 2.15. The number of aromatic amines is 1. The minimum absolute atomic E-state index is 0.178. The quantitative estimate of drug-likeness (QED) is 0.0612. The lowest BCUT2D eigenvalue weighted by atomic mass is 10.3. The van der Waals surface area contributed by atoms with Crippen LogP contribution in [0.2, 0.25) is 21.0 Å². The Morgan fingerprint density at radius 2 is 0.757 bits per heavy atom. The fourth-order valence-corrected chi connectivity index (χ4v) is 7.77. The third-order valence-electron chi connectivity index (χ3n) is 10.3. The van der Waals surface area contributed by atoms with E-state index < -0.39 is 0 Å². The number of hydrogen-bond acceptors (Lipinski definition) is 17. The molecule has 0 amide bonds. The number of hydrogen-bond donors (Lipinski definition) is 6. The molecule has 8 aromatic heterocycles. The standard InChI is InChI=1S/C13H14N6.2C12H10ClN5.C8H9N3.C4H2Cl2N2/c1-14-12-16-8-7-11(18-12)19-10-6-4-3-5-9(10)17-13(19)15-2;2*1-14-12-16-8-4-2-3-5-9(8)18(12)10-6-7-15-11(13)17-10;1-9-8-10-6-4-2-3-5-7(6)11-8;5-3-1-2-7-4(6)8-3/h3-8H,1-2H3,(H,15,17)(H,14,16,18);2*2-7H,1H3,(H,14,16);2-5H,1H3,(H2,9,10,11);1-2H. The van der Waals surface area contributed by atoms with Crippen LogP contribution in [-0.2, 0) is 0 Å². The number of anilines is 5. The molecule has 0 radical (unpaired) electrons. The van der Waals surface area contributed by atoms with Crippen molar-refractivity contribution in [1.29, 1.82) is 0 Å². The largest absolute Gasteiger partial charge is 0.359 e. The second-order valence-electron chi connectivity index (χ2n) is 14.9. The molecule has 0 spiro atoms. The molecule has 12 aromatic rings. The molecule has 0 bridgehead atoms. The first kappa shape index (κ1) is 51.6. The van der Waals surface area contributed by atoms with Crippen LogP contribution in [-0.4, -0.2) is 114 Å². The minimum atomic E-state index is 0.178. The molecule has 74 heavy (non-hydrogen) atoms. The van der Waals surface area contributed by atoms with Gasteiger partial charge in [0.2, 0.25) is 45.6 Å². The molecule has 0 aliphatic carbocycles. The molecule has 12 rings (SSSR count). The zero-order chi connectivity index (χ0) is 52.0.